The number of hydrogen-bond acceptors (Lipinski definition) is 3. The van der Waals surface area contributed by atoms with Crippen molar-refractivity contribution in [2.75, 3.05) is 11.1 Å². The minimum absolute atomic E-state index is 0.107. The van der Waals surface area contributed by atoms with Crippen molar-refractivity contribution in [2.45, 2.75) is 24.8 Å². The fraction of sp³-hybridized carbons (Fsp3) is 0.250. The zero-order valence-corrected chi connectivity index (χ0v) is 13.6. The Labute approximate surface area is 130 Å². The molecule has 0 aromatic heterocycles. The molecule has 0 aliphatic rings. The molecule has 2 aromatic carbocycles. The summed E-state index contributed by atoms with van der Waals surface area (Å²) in [5.41, 5.74) is 2.00. The van der Waals surface area contributed by atoms with Crippen LogP contribution in [0.3, 0.4) is 0 Å². The van der Waals surface area contributed by atoms with Gasteiger partial charge in [0.25, 0.3) is 0 Å². The van der Waals surface area contributed by atoms with Crippen LogP contribution in [0.25, 0.3) is 0 Å². The molecule has 0 bridgehead atoms. The van der Waals surface area contributed by atoms with E-state index >= 15 is 0 Å². The number of nitrogens with one attached hydrogen (secondary N) is 1. The number of anilines is 1. The standard InChI is InChI=1S/C16H18ClNO2S/c1-3-21(19,20)16-10-8-15(9-11-16)18-12(2)13-4-6-14(17)7-5-13/h4-12,18H,3H2,1-2H3. The topological polar surface area (TPSA) is 46.2 Å². The molecule has 0 aliphatic carbocycles. The highest BCUT2D eigenvalue weighted by atomic mass is 35.5. The Kier molecular flexibility index (Phi) is 4.91. The minimum atomic E-state index is -3.14. The fourth-order valence-corrected chi connectivity index (χ4v) is 3.02. The first kappa shape index (κ1) is 15.9. The molecule has 1 unspecified atom stereocenters. The summed E-state index contributed by atoms with van der Waals surface area (Å²) in [6.45, 7) is 3.68. The lowest BCUT2D eigenvalue weighted by Crippen LogP contribution is -2.07. The van der Waals surface area contributed by atoms with Crippen LogP contribution in [0.2, 0.25) is 5.02 Å². The third kappa shape index (κ3) is 3.99. The Morgan fingerprint density at radius 2 is 1.62 bits per heavy atom. The maximum Gasteiger partial charge on any atom is 0.178 e. The van der Waals surface area contributed by atoms with Gasteiger partial charge < -0.3 is 5.32 Å². The summed E-state index contributed by atoms with van der Waals surface area (Å²) >= 11 is 5.87. The lowest BCUT2D eigenvalue weighted by atomic mass is 10.1. The van der Waals surface area contributed by atoms with E-state index in [1.54, 1.807) is 31.2 Å². The lowest BCUT2D eigenvalue weighted by Gasteiger charge is -2.16. The van der Waals surface area contributed by atoms with Crippen molar-refractivity contribution in [3.05, 3.63) is 59.1 Å². The molecule has 0 saturated carbocycles. The molecule has 1 atom stereocenters. The number of sulfone groups is 1. The number of hydrogen-bond donors (Lipinski definition) is 1. The minimum Gasteiger partial charge on any atom is -0.379 e. The smallest absolute Gasteiger partial charge is 0.178 e. The molecule has 21 heavy (non-hydrogen) atoms. The van der Waals surface area contributed by atoms with Gasteiger partial charge in [0, 0.05) is 16.8 Å². The first-order chi connectivity index (χ1) is 9.92. The van der Waals surface area contributed by atoms with Crippen LogP contribution >= 0.6 is 11.6 Å². The maximum absolute atomic E-state index is 11.8. The van der Waals surface area contributed by atoms with Gasteiger partial charge in [0.05, 0.1) is 10.6 Å². The van der Waals surface area contributed by atoms with Crippen LogP contribution in [0.5, 0.6) is 0 Å². The van der Waals surface area contributed by atoms with Crippen LogP contribution in [-0.4, -0.2) is 14.2 Å². The molecular formula is C16H18ClNO2S. The molecule has 112 valence electrons. The monoisotopic (exact) mass is 323 g/mol. The summed E-state index contributed by atoms with van der Waals surface area (Å²) in [6, 6.07) is 14.6. The van der Waals surface area contributed by atoms with Gasteiger partial charge in [-0.2, -0.15) is 0 Å². The van der Waals surface area contributed by atoms with E-state index in [4.69, 9.17) is 11.6 Å². The molecule has 3 nitrogen and oxygen atoms in total. The molecule has 0 spiro atoms. The van der Waals surface area contributed by atoms with Gasteiger partial charge in [-0.05, 0) is 48.9 Å². The molecule has 0 aliphatic heterocycles. The summed E-state index contributed by atoms with van der Waals surface area (Å²) in [7, 11) is -3.14. The van der Waals surface area contributed by atoms with Gasteiger partial charge in [0.15, 0.2) is 9.84 Å². The second kappa shape index (κ2) is 6.50. The van der Waals surface area contributed by atoms with E-state index in [1.807, 2.05) is 31.2 Å². The van der Waals surface area contributed by atoms with Crippen LogP contribution in [0.15, 0.2) is 53.4 Å². The van der Waals surface area contributed by atoms with E-state index in [0.717, 1.165) is 11.3 Å². The quantitative estimate of drug-likeness (QED) is 0.892. The Hall–Kier alpha value is -1.52. The van der Waals surface area contributed by atoms with E-state index in [-0.39, 0.29) is 11.8 Å². The van der Waals surface area contributed by atoms with E-state index < -0.39 is 9.84 Å². The molecule has 2 rings (SSSR count). The predicted molar refractivity (Wildman–Crippen MR) is 87.7 cm³/mol. The summed E-state index contributed by atoms with van der Waals surface area (Å²) in [5, 5.41) is 4.04. The third-order valence-corrected chi connectivity index (χ3v) is 5.35. The molecule has 0 saturated heterocycles. The first-order valence-corrected chi connectivity index (χ1v) is 8.80. The summed E-state index contributed by atoms with van der Waals surface area (Å²) in [4.78, 5) is 0.356. The molecule has 5 heteroatoms. The third-order valence-electron chi connectivity index (χ3n) is 3.35. The lowest BCUT2D eigenvalue weighted by molar-refractivity contribution is 0.597. The van der Waals surface area contributed by atoms with Crippen LogP contribution < -0.4 is 5.32 Å². The van der Waals surface area contributed by atoms with E-state index in [2.05, 4.69) is 5.32 Å². The summed E-state index contributed by atoms with van der Waals surface area (Å²) in [6.07, 6.45) is 0. The van der Waals surface area contributed by atoms with Gasteiger partial charge in [0.1, 0.15) is 0 Å². The normalized spacial score (nSPS) is 12.9. The number of rotatable bonds is 5. The van der Waals surface area contributed by atoms with Gasteiger partial charge >= 0.3 is 0 Å². The van der Waals surface area contributed by atoms with Crippen LogP contribution in [-0.2, 0) is 9.84 Å². The van der Waals surface area contributed by atoms with E-state index in [0.29, 0.717) is 9.92 Å². The molecular weight excluding hydrogens is 306 g/mol. The highest BCUT2D eigenvalue weighted by molar-refractivity contribution is 7.91. The largest absolute Gasteiger partial charge is 0.379 e. The van der Waals surface area contributed by atoms with Crippen molar-refractivity contribution in [3.8, 4) is 0 Å². The van der Waals surface area contributed by atoms with Gasteiger partial charge in [-0.25, -0.2) is 8.42 Å². The molecule has 0 fully saturated rings. The Balaban J connectivity index is 2.11. The van der Waals surface area contributed by atoms with Crippen LogP contribution in [0, 0.1) is 0 Å². The number of halogens is 1. The highest BCUT2D eigenvalue weighted by Crippen LogP contribution is 2.22. The Bertz CT molecular complexity index is 694. The van der Waals surface area contributed by atoms with Gasteiger partial charge in [-0.1, -0.05) is 30.7 Å². The average Bonchev–Trinajstić information content (AvgIpc) is 2.48. The van der Waals surface area contributed by atoms with Crippen molar-refractivity contribution in [1.29, 1.82) is 0 Å². The molecule has 0 heterocycles. The van der Waals surface area contributed by atoms with Gasteiger partial charge in [-0.15, -0.1) is 0 Å². The van der Waals surface area contributed by atoms with Crippen molar-refractivity contribution in [3.63, 3.8) is 0 Å². The Morgan fingerprint density at radius 3 is 2.14 bits per heavy atom. The van der Waals surface area contributed by atoms with E-state index in [9.17, 15) is 8.42 Å². The number of benzene rings is 2. The van der Waals surface area contributed by atoms with Gasteiger partial charge in [0.2, 0.25) is 0 Å². The molecule has 0 radical (unpaired) electrons. The average molecular weight is 324 g/mol. The SMILES string of the molecule is CCS(=O)(=O)c1ccc(NC(C)c2ccc(Cl)cc2)cc1. The van der Waals surface area contributed by atoms with Gasteiger partial charge in [-0.3, -0.25) is 0 Å². The highest BCUT2D eigenvalue weighted by Gasteiger charge is 2.11. The second-order valence-electron chi connectivity index (χ2n) is 4.85. The van der Waals surface area contributed by atoms with Crippen molar-refractivity contribution >= 4 is 27.1 Å². The molecule has 2 aromatic rings. The molecule has 1 N–H and O–H groups in total. The summed E-state index contributed by atoms with van der Waals surface area (Å²) < 4.78 is 23.5. The van der Waals surface area contributed by atoms with Crippen molar-refractivity contribution in [1.82, 2.24) is 0 Å². The fourth-order valence-electron chi connectivity index (χ4n) is 2.01. The van der Waals surface area contributed by atoms with E-state index in [1.165, 1.54) is 0 Å². The van der Waals surface area contributed by atoms with Crippen LogP contribution in [0.1, 0.15) is 25.5 Å². The predicted octanol–water partition coefficient (Wildman–Crippen LogP) is 4.31. The maximum atomic E-state index is 11.8. The first-order valence-electron chi connectivity index (χ1n) is 6.77. The van der Waals surface area contributed by atoms with Crippen LogP contribution in [0.4, 0.5) is 5.69 Å². The molecule has 0 amide bonds. The second-order valence-corrected chi connectivity index (χ2v) is 7.56. The Morgan fingerprint density at radius 1 is 1.05 bits per heavy atom. The summed E-state index contributed by atoms with van der Waals surface area (Å²) in [5.74, 6) is 0.112. The van der Waals surface area contributed by atoms with Crippen molar-refractivity contribution in [2.24, 2.45) is 0 Å². The zero-order valence-electron chi connectivity index (χ0n) is 12.0. The van der Waals surface area contributed by atoms with Crippen molar-refractivity contribution < 1.29 is 8.42 Å². The zero-order chi connectivity index (χ0) is 15.5.